The fourth-order valence-corrected chi connectivity index (χ4v) is 2.59. The van der Waals surface area contributed by atoms with E-state index in [1.165, 1.54) is 0 Å². The van der Waals surface area contributed by atoms with Crippen molar-refractivity contribution in [3.63, 3.8) is 0 Å². The van der Waals surface area contributed by atoms with E-state index in [2.05, 4.69) is 36.1 Å². The molecule has 0 radical (unpaired) electrons. The molecule has 0 fully saturated rings. The third kappa shape index (κ3) is 6.29. The van der Waals surface area contributed by atoms with E-state index in [-0.39, 0.29) is 29.4 Å². The minimum absolute atomic E-state index is 0. The molecule has 0 aliphatic carbocycles. The molecule has 0 unspecified atom stereocenters. The van der Waals surface area contributed by atoms with Gasteiger partial charge in [0.25, 0.3) is 0 Å². The van der Waals surface area contributed by atoms with Crippen LogP contribution < -0.4 is 14.8 Å². The molecule has 1 aromatic carbocycles. The van der Waals surface area contributed by atoms with Crippen LogP contribution in [0.3, 0.4) is 0 Å². The normalized spacial score (nSPS) is 11.6. The lowest BCUT2D eigenvalue weighted by Crippen LogP contribution is -2.38. The zero-order valence-electron chi connectivity index (χ0n) is 17.7. The summed E-state index contributed by atoms with van der Waals surface area (Å²) in [4.78, 5) is 10.7. The van der Waals surface area contributed by atoms with E-state index in [0.717, 1.165) is 28.8 Å². The molecule has 2 aromatic rings. The van der Waals surface area contributed by atoms with Gasteiger partial charge in [0.15, 0.2) is 5.96 Å². The van der Waals surface area contributed by atoms with Crippen LogP contribution in [0, 0.1) is 0 Å². The monoisotopic (exact) mass is 502 g/mol. The molecule has 7 nitrogen and oxygen atoms in total. The summed E-state index contributed by atoms with van der Waals surface area (Å²) in [5.41, 5.74) is 0.976. The predicted octanol–water partition coefficient (Wildman–Crippen LogP) is 3.81. The Morgan fingerprint density at radius 3 is 2.50 bits per heavy atom. The van der Waals surface area contributed by atoms with Crippen LogP contribution in [-0.2, 0) is 18.5 Å². The maximum absolute atomic E-state index is 5.82. The zero-order valence-corrected chi connectivity index (χ0v) is 20.0. The van der Waals surface area contributed by atoms with Crippen molar-refractivity contribution in [1.29, 1.82) is 0 Å². The molecule has 1 heterocycles. The lowest BCUT2D eigenvalue weighted by molar-refractivity contribution is 0.373. The second-order valence-electron chi connectivity index (χ2n) is 7.30. The summed E-state index contributed by atoms with van der Waals surface area (Å²) in [5.74, 6) is 3.78. The second kappa shape index (κ2) is 10.5. The zero-order chi connectivity index (χ0) is 20.0. The number of methoxy groups -OCH3 is 2. The molecule has 8 heteroatoms. The second-order valence-corrected chi connectivity index (χ2v) is 7.30. The maximum atomic E-state index is 5.82. The Hall–Kier alpha value is -1.97. The van der Waals surface area contributed by atoms with E-state index in [1.54, 1.807) is 27.5 Å². The van der Waals surface area contributed by atoms with E-state index in [4.69, 9.17) is 13.9 Å². The van der Waals surface area contributed by atoms with Crippen molar-refractivity contribution in [1.82, 2.24) is 15.2 Å². The Kier molecular flexibility index (Phi) is 9.06. The highest BCUT2D eigenvalue weighted by atomic mass is 127. The molecule has 0 aliphatic rings. The number of hydrogen-bond acceptors (Lipinski definition) is 5. The van der Waals surface area contributed by atoms with E-state index in [0.29, 0.717) is 19.0 Å². The molecule has 0 aliphatic heterocycles. The topological polar surface area (TPSA) is 72.1 Å². The number of oxazole rings is 1. The number of nitrogens with zero attached hydrogens (tertiary/aromatic N) is 3. The van der Waals surface area contributed by atoms with Crippen LogP contribution in [0.15, 0.2) is 33.8 Å². The SMILES string of the molecule is CN=C(NCc1ncc(C(C)(C)C)o1)N(C)Cc1ccc(OC)cc1OC.I. The molecule has 0 bridgehead atoms. The molecule has 156 valence electrons. The number of hydrogen-bond donors (Lipinski definition) is 1. The molecule has 0 saturated heterocycles. The van der Waals surface area contributed by atoms with E-state index < -0.39 is 0 Å². The van der Waals surface area contributed by atoms with Gasteiger partial charge in [0, 0.05) is 37.7 Å². The van der Waals surface area contributed by atoms with Gasteiger partial charge in [-0.15, -0.1) is 24.0 Å². The highest BCUT2D eigenvalue weighted by Gasteiger charge is 2.19. The number of nitrogens with one attached hydrogen (secondary N) is 1. The van der Waals surface area contributed by atoms with Crippen molar-refractivity contribution >= 4 is 29.9 Å². The third-order valence-electron chi connectivity index (χ3n) is 4.17. The molecule has 0 amide bonds. The number of rotatable bonds is 6. The number of halogens is 1. The summed E-state index contributed by atoms with van der Waals surface area (Å²) in [6.07, 6.45) is 1.78. The molecule has 1 aromatic heterocycles. The van der Waals surface area contributed by atoms with Crippen LogP contribution in [0.4, 0.5) is 0 Å². The van der Waals surface area contributed by atoms with Crippen molar-refractivity contribution in [3.05, 3.63) is 41.6 Å². The van der Waals surface area contributed by atoms with Gasteiger partial charge in [-0.25, -0.2) is 4.98 Å². The summed E-state index contributed by atoms with van der Waals surface area (Å²) < 4.78 is 16.5. The fraction of sp³-hybridized carbons (Fsp3) is 0.500. The predicted molar refractivity (Wildman–Crippen MR) is 122 cm³/mol. The summed E-state index contributed by atoms with van der Waals surface area (Å²) in [5, 5.41) is 3.28. The van der Waals surface area contributed by atoms with Gasteiger partial charge < -0.3 is 24.1 Å². The standard InChI is InChI=1S/C20H30N4O3.HI/c1-20(2,3)17-11-22-18(27-17)12-23-19(21-4)24(5)13-14-8-9-15(25-6)10-16(14)26-7;/h8-11H,12-13H2,1-7H3,(H,21,23);1H. The van der Waals surface area contributed by atoms with Crippen molar-refractivity contribution in [2.45, 2.75) is 39.3 Å². The van der Waals surface area contributed by atoms with Crippen LogP contribution in [0.5, 0.6) is 11.5 Å². The van der Waals surface area contributed by atoms with Crippen molar-refractivity contribution < 1.29 is 13.9 Å². The number of aliphatic imine (C=N–C) groups is 1. The van der Waals surface area contributed by atoms with E-state index >= 15 is 0 Å². The third-order valence-corrected chi connectivity index (χ3v) is 4.17. The molecular formula is C20H31IN4O3. The highest BCUT2D eigenvalue weighted by molar-refractivity contribution is 14.0. The lowest BCUT2D eigenvalue weighted by atomic mass is 9.94. The first kappa shape index (κ1) is 24.1. The first-order valence-corrected chi connectivity index (χ1v) is 8.86. The number of ether oxygens (including phenoxy) is 2. The average molecular weight is 502 g/mol. The van der Waals surface area contributed by atoms with E-state index in [9.17, 15) is 0 Å². The van der Waals surface area contributed by atoms with E-state index in [1.807, 2.05) is 30.1 Å². The Morgan fingerprint density at radius 1 is 1.25 bits per heavy atom. The Bertz CT molecular complexity index is 784. The molecule has 0 atom stereocenters. The molecule has 1 N–H and O–H groups in total. The van der Waals surface area contributed by atoms with Crippen LogP contribution in [0.2, 0.25) is 0 Å². The van der Waals surface area contributed by atoms with Gasteiger partial charge in [-0.1, -0.05) is 20.8 Å². The average Bonchev–Trinajstić information content (AvgIpc) is 3.12. The minimum atomic E-state index is -0.0609. The molecule has 28 heavy (non-hydrogen) atoms. The van der Waals surface area contributed by atoms with Crippen molar-refractivity contribution in [2.75, 3.05) is 28.3 Å². The molecule has 0 spiro atoms. The van der Waals surface area contributed by atoms with Gasteiger partial charge in [-0.2, -0.15) is 0 Å². The summed E-state index contributed by atoms with van der Waals surface area (Å²) in [6.45, 7) is 7.39. The van der Waals surface area contributed by atoms with Crippen LogP contribution in [-0.4, -0.2) is 44.2 Å². The maximum Gasteiger partial charge on any atom is 0.213 e. The van der Waals surface area contributed by atoms with Crippen LogP contribution in [0.1, 0.15) is 38.0 Å². The first-order valence-electron chi connectivity index (χ1n) is 8.86. The molecule has 0 saturated carbocycles. The Balaban J connectivity index is 0.00000392. The molecular weight excluding hydrogens is 471 g/mol. The largest absolute Gasteiger partial charge is 0.497 e. The fourth-order valence-electron chi connectivity index (χ4n) is 2.59. The Labute approximate surface area is 184 Å². The van der Waals surface area contributed by atoms with Gasteiger partial charge in [0.1, 0.15) is 17.3 Å². The molecule has 2 rings (SSSR count). The van der Waals surface area contributed by atoms with Gasteiger partial charge in [-0.3, -0.25) is 4.99 Å². The van der Waals surface area contributed by atoms with Crippen molar-refractivity contribution in [3.8, 4) is 11.5 Å². The smallest absolute Gasteiger partial charge is 0.213 e. The lowest BCUT2D eigenvalue weighted by Gasteiger charge is -2.23. The van der Waals surface area contributed by atoms with Crippen LogP contribution >= 0.6 is 24.0 Å². The van der Waals surface area contributed by atoms with Gasteiger partial charge in [0.05, 0.1) is 27.0 Å². The minimum Gasteiger partial charge on any atom is -0.497 e. The Morgan fingerprint density at radius 2 is 1.96 bits per heavy atom. The van der Waals surface area contributed by atoms with Crippen LogP contribution in [0.25, 0.3) is 0 Å². The van der Waals surface area contributed by atoms with Gasteiger partial charge in [0.2, 0.25) is 5.89 Å². The number of guanidine groups is 1. The van der Waals surface area contributed by atoms with Crippen molar-refractivity contribution in [2.24, 2.45) is 4.99 Å². The quantitative estimate of drug-likeness (QED) is 0.368. The number of aromatic nitrogens is 1. The van der Waals surface area contributed by atoms with Gasteiger partial charge >= 0.3 is 0 Å². The summed E-state index contributed by atoms with van der Waals surface area (Å²) in [6, 6.07) is 5.79. The summed E-state index contributed by atoms with van der Waals surface area (Å²) in [7, 11) is 7.01. The summed E-state index contributed by atoms with van der Waals surface area (Å²) >= 11 is 0. The van der Waals surface area contributed by atoms with Gasteiger partial charge in [-0.05, 0) is 12.1 Å². The number of benzene rings is 1. The highest BCUT2D eigenvalue weighted by Crippen LogP contribution is 2.25. The first-order chi connectivity index (χ1) is 12.8.